The van der Waals surface area contributed by atoms with E-state index in [4.69, 9.17) is 15.2 Å². The highest BCUT2D eigenvalue weighted by molar-refractivity contribution is 6.00. The Bertz CT molecular complexity index is 788. The number of halogens is 3. The largest absolute Gasteiger partial charge is 0.490 e. The van der Waals surface area contributed by atoms with Gasteiger partial charge in [0.1, 0.15) is 6.07 Å². The number of rotatable bonds is 1. The van der Waals surface area contributed by atoms with Crippen LogP contribution >= 0.6 is 0 Å². The van der Waals surface area contributed by atoms with Crippen LogP contribution < -0.4 is 4.90 Å². The summed E-state index contributed by atoms with van der Waals surface area (Å²) in [7, 11) is 0. The number of alkyl halides is 3. The molecule has 0 radical (unpaired) electrons. The van der Waals surface area contributed by atoms with E-state index in [1.807, 2.05) is 24.3 Å². The number of anilines is 1. The molecule has 1 aliphatic heterocycles. The number of nitriles is 1. The maximum atomic E-state index is 11.6. The molecule has 138 valence electrons. The lowest BCUT2D eigenvalue weighted by Gasteiger charge is -2.51. The van der Waals surface area contributed by atoms with Gasteiger partial charge in [0.2, 0.25) is 0 Å². The van der Waals surface area contributed by atoms with E-state index in [2.05, 4.69) is 24.0 Å². The quantitative estimate of drug-likeness (QED) is 0.825. The Labute approximate surface area is 148 Å². The summed E-state index contributed by atoms with van der Waals surface area (Å²) in [6.07, 6.45) is -1.78. The van der Waals surface area contributed by atoms with Crippen LogP contribution in [-0.2, 0) is 9.59 Å². The highest BCUT2D eigenvalue weighted by Gasteiger charge is 2.44. The second-order valence-corrected chi connectivity index (χ2v) is 6.40. The van der Waals surface area contributed by atoms with Crippen molar-refractivity contribution in [3.8, 4) is 6.07 Å². The Morgan fingerprint density at radius 3 is 2.38 bits per heavy atom. The Hall–Kier alpha value is -2.82. The third-order valence-electron chi connectivity index (χ3n) is 4.43. The van der Waals surface area contributed by atoms with Crippen molar-refractivity contribution in [3.63, 3.8) is 0 Å². The molecule has 0 saturated carbocycles. The van der Waals surface area contributed by atoms with E-state index in [1.54, 1.807) is 0 Å². The summed E-state index contributed by atoms with van der Waals surface area (Å²) < 4.78 is 31.7. The second-order valence-electron chi connectivity index (χ2n) is 6.40. The Morgan fingerprint density at radius 1 is 1.31 bits per heavy atom. The van der Waals surface area contributed by atoms with E-state index in [0.29, 0.717) is 12.0 Å². The molecule has 8 heteroatoms. The maximum absolute atomic E-state index is 11.6. The van der Waals surface area contributed by atoms with Crippen LogP contribution in [0.1, 0.15) is 18.4 Å². The van der Waals surface area contributed by atoms with Crippen LogP contribution in [0.5, 0.6) is 0 Å². The number of ketones is 1. The zero-order valence-electron chi connectivity index (χ0n) is 14.0. The summed E-state index contributed by atoms with van der Waals surface area (Å²) in [5, 5.41) is 16.1. The van der Waals surface area contributed by atoms with Crippen LogP contribution in [0.3, 0.4) is 0 Å². The lowest BCUT2D eigenvalue weighted by Crippen LogP contribution is -2.57. The van der Waals surface area contributed by atoms with Crippen molar-refractivity contribution < 1.29 is 27.9 Å². The van der Waals surface area contributed by atoms with Crippen molar-refractivity contribution in [3.05, 3.63) is 41.5 Å². The molecule has 1 spiro atoms. The van der Waals surface area contributed by atoms with Crippen molar-refractivity contribution in [1.82, 2.24) is 0 Å². The number of carboxylic acid groups (broad SMARTS) is 1. The average molecular weight is 366 g/mol. The number of carbonyl (C=O) groups is 2. The number of nitrogens with zero attached hydrogens (tertiary/aromatic N) is 2. The Morgan fingerprint density at radius 2 is 1.88 bits per heavy atom. The number of carboxylic acids is 1. The molecular formula is C18H17F3N2O3. The van der Waals surface area contributed by atoms with Crippen LogP contribution in [0.25, 0.3) is 0 Å². The Balaban J connectivity index is 0.000000298. The van der Waals surface area contributed by atoms with E-state index < -0.39 is 12.1 Å². The first-order chi connectivity index (χ1) is 12.1. The lowest BCUT2D eigenvalue weighted by molar-refractivity contribution is -0.192. The second kappa shape index (κ2) is 7.20. The molecule has 1 N–H and O–H groups in total. The number of Topliss-reactive ketones (excluding diaryl/α,β-unsaturated/α-hetero) is 1. The van der Waals surface area contributed by atoms with Crippen molar-refractivity contribution in [2.75, 3.05) is 18.0 Å². The van der Waals surface area contributed by atoms with Crippen molar-refractivity contribution >= 4 is 17.4 Å². The molecule has 0 bridgehead atoms. The first kappa shape index (κ1) is 19.5. The SMILES string of the molecule is Cc1ccccc1N1CC2(C=C(C#N)C(=O)CC2)C1.O=C(O)C(F)(F)F. The number of aryl methyl sites for hydroxylation is 1. The number of hydrogen-bond donors (Lipinski definition) is 1. The van der Waals surface area contributed by atoms with Gasteiger partial charge in [-0.05, 0) is 25.0 Å². The number of para-hydroxylation sites is 1. The highest BCUT2D eigenvalue weighted by Crippen LogP contribution is 2.43. The number of carbonyl (C=O) groups excluding carboxylic acids is 1. The first-order valence-electron chi connectivity index (χ1n) is 7.85. The molecule has 1 aromatic carbocycles. The standard InChI is InChI=1S/C16H16N2O.C2HF3O2/c1-12-4-2-3-5-14(12)18-10-16(11-18)7-6-15(19)13(8-16)9-17;3-2(4,5)1(6)7/h2-5,8H,6-7,10-11H2,1H3;(H,6,7). The number of aliphatic carboxylic acids is 1. The van der Waals surface area contributed by atoms with E-state index >= 15 is 0 Å². The van der Waals surface area contributed by atoms with Crippen LogP contribution in [-0.4, -0.2) is 36.1 Å². The summed E-state index contributed by atoms with van der Waals surface area (Å²) in [5.74, 6) is -2.75. The van der Waals surface area contributed by atoms with Gasteiger partial charge in [-0.2, -0.15) is 18.4 Å². The predicted octanol–water partition coefficient (Wildman–Crippen LogP) is 3.25. The van der Waals surface area contributed by atoms with Gasteiger partial charge in [-0.25, -0.2) is 4.79 Å². The van der Waals surface area contributed by atoms with Gasteiger partial charge in [0, 0.05) is 30.6 Å². The highest BCUT2D eigenvalue weighted by atomic mass is 19.4. The zero-order valence-corrected chi connectivity index (χ0v) is 14.0. The van der Waals surface area contributed by atoms with Crippen molar-refractivity contribution in [2.45, 2.75) is 25.9 Å². The van der Waals surface area contributed by atoms with E-state index in [1.165, 1.54) is 11.3 Å². The van der Waals surface area contributed by atoms with Gasteiger partial charge in [0.05, 0.1) is 5.57 Å². The maximum Gasteiger partial charge on any atom is 0.490 e. The van der Waals surface area contributed by atoms with E-state index in [-0.39, 0.29) is 11.2 Å². The summed E-state index contributed by atoms with van der Waals surface area (Å²) >= 11 is 0. The lowest BCUT2D eigenvalue weighted by atomic mass is 9.70. The fourth-order valence-electron chi connectivity index (χ4n) is 3.10. The number of hydrogen-bond acceptors (Lipinski definition) is 4. The molecule has 1 aromatic rings. The molecular weight excluding hydrogens is 349 g/mol. The molecule has 1 fully saturated rings. The van der Waals surface area contributed by atoms with Gasteiger partial charge in [-0.1, -0.05) is 24.3 Å². The topological polar surface area (TPSA) is 81.4 Å². The molecule has 26 heavy (non-hydrogen) atoms. The number of benzene rings is 1. The molecule has 0 amide bonds. The minimum atomic E-state index is -5.08. The van der Waals surface area contributed by atoms with Gasteiger partial charge in [0.15, 0.2) is 5.78 Å². The zero-order chi connectivity index (χ0) is 19.5. The normalized spacial score (nSPS) is 18.2. The fraction of sp³-hybridized carbons (Fsp3) is 0.389. The van der Waals surface area contributed by atoms with Crippen molar-refractivity contribution in [1.29, 1.82) is 5.26 Å². The summed E-state index contributed by atoms with van der Waals surface area (Å²) in [5.41, 5.74) is 2.93. The molecule has 1 aliphatic carbocycles. The first-order valence-corrected chi connectivity index (χ1v) is 7.85. The van der Waals surface area contributed by atoms with Gasteiger partial charge in [-0.3, -0.25) is 4.79 Å². The predicted molar refractivity (Wildman–Crippen MR) is 87.5 cm³/mol. The minimum absolute atomic E-state index is 0.00228. The Kier molecular flexibility index (Phi) is 5.40. The van der Waals surface area contributed by atoms with Crippen LogP contribution in [0.4, 0.5) is 18.9 Å². The summed E-state index contributed by atoms with van der Waals surface area (Å²) in [6.45, 7) is 3.94. The van der Waals surface area contributed by atoms with Gasteiger partial charge >= 0.3 is 12.1 Å². The molecule has 1 heterocycles. The smallest absolute Gasteiger partial charge is 0.475 e. The summed E-state index contributed by atoms with van der Waals surface area (Å²) in [4.78, 5) is 22.8. The van der Waals surface area contributed by atoms with Gasteiger partial charge in [-0.15, -0.1) is 0 Å². The molecule has 2 aliphatic rings. The van der Waals surface area contributed by atoms with Crippen LogP contribution in [0, 0.1) is 23.7 Å². The van der Waals surface area contributed by atoms with Crippen molar-refractivity contribution in [2.24, 2.45) is 5.41 Å². The third-order valence-corrected chi connectivity index (χ3v) is 4.43. The third kappa shape index (κ3) is 4.23. The molecule has 0 aromatic heterocycles. The summed E-state index contributed by atoms with van der Waals surface area (Å²) in [6, 6.07) is 10.4. The van der Waals surface area contributed by atoms with E-state index in [0.717, 1.165) is 19.5 Å². The fourth-order valence-corrected chi connectivity index (χ4v) is 3.10. The molecule has 0 unspecified atom stereocenters. The molecule has 0 atom stereocenters. The molecule has 1 saturated heterocycles. The van der Waals surface area contributed by atoms with Gasteiger partial charge in [0.25, 0.3) is 0 Å². The van der Waals surface area contributed by atoms with Crippen LogP contribution in [0.15, 0.2) is 35.9 Å². The monoisotopic (exact) mass is 366 g/mol. The van der Waals surface area contributed by atoms with E-state index in [9.17, 15) is 18.0 Å². The molecule has 5 nitrogen and oxygen atoms in total. The number of allylic oxidation sites excluding steroid dienone is 1. The van der Waals surface area contributed by atoms with Crippen LogP contribution in [0.2, 0.25) is 0 Å². The minimum Gasteiger partial charge on any atom is -0.475 e. The van der Waals surface area contributed by atoms with Gasteiger partial charge < -0.3 is 10.0 Å². The average Bonchev–Trinajstić information content (AvgIpc) is 2.54. The molecule has 3 rings (SSSR count).